The molecule has 0 aromatic heterocycles. The molecule has 1 aromatic carbocycles. The summed E-state index contributed by atoms with van der Waals surface area (Å²) < 4.78 is 25.0. The van der Waals surface area contributed by atoms with Crippen LogP contribution in [-0.4, -0.2) is 6.54 Å². The van der Waals surface area contributed by atoms with E-state index in [2.05, 4.69) is 0 Å². The molecule has 2 N–H and O–H groups in total. The van der Waals surface area contributed by atoms with E-state index < -0.39 is 6.43 Å². The Bertz CT molecular complexity index is 323. The molecule has 0 aliphatic rings. The summed E-state index contributed by atoms with van der Waals surface area (Å²) in [5, 5.41) is 0. The Hall–Kier alpha value is -0.960. The van der Waals surface area contributed by atoms with Gasteiger partial charge in [0.2, 0.25) is 0 Å². The van der Waals surface area contributed by atoms with Crippen molar-refractivity contribution in [1.29, 1.82) is 0 Å². The molecular weight excluding hydrogens is 196 g/mol. The maximum atomic E-state index is 12.5. The van der Waals surface area contributed by atoms with Gasteiger partial charge in [-0.1, -0.05) is 19.1 Å². The molecular formula is C12H17F2N. The monoisotopic (exact) mass is 213 g/mol. The van der Waals surface area contributed by atoms with Crippen LogP contribution in [0.4, 0.5) is 8.78 Å². The van der Waals surface area contributed by atoms with Crippen LogP contribution in [0.15, 0.2) is 18.2 Å². The number of benzene rings is 1. The summed E-state index contributed by atoms with van der Waals surface area (Å²) in [4.78, 5) is 0. The number of hydrogen-bond acceptors (Lipinski definition) is 1. The first kappa shape index (κ1) is 12.1. The quantitative estimate of drug-likeness (QED) is 0.815. The highest BCUT2D eigenvalue weighted by Gasteiger charge is 2.12. The molecule has 0 fully saturated rings. The summed E-state index contributed by atoms with van der Waals surface area (Å²) in [6.07, 6.45) is -1.57. The Morgan fingerprint density at radius 3 is 2.53 bits per heavy atom. The number of hydrogen-bond donors (Lipinski definition) is 1. The summed E-state index contributed by atoms with van der Waals surface area (Å²) in [6, 6.07) is 4.84. The van der Waals surface area contributed by atoms with Crippen LogP contribution in [0.1, 0.15) is 42.4 Å². The molecule has 1 unspecified atom stereocenters. The number of aryl methyl sites for hydroxylation is 1. The molecule has 0 spiro atoms. The number of halogens is 2. The van der Waals surface area contributed by atoms with E-state index in [1.807, 2.05) is 13.8 Å². The lowest BCUT2D eigenvalue weighted by atomic mass is 9.92. The van der Waals surface area contributed by atoms with Gasteiger partial charge >= 0.3 is 0 Å². The first-order valence-corrected chi connectivity index (χ1v) is 5.15. The molecule has 84 valence electrons. The average Bonchev–Trinajstić information content (AvgIpc) is 2.18. The highest BCUT2D eigenvalue weighted by Crippen LogP contribution is 2.27. The topological polar surface area (TPSA) is 26.0 Å². The lowest BCUT2D eigenvalue weighted by molar-refractivity contribution is 0.151. The summed E-state index contributed by atoms with van der Waals surface area (Å²) in [5.74, 6) is 0.244. The minimum Gasteiger partial charge on any atom is -0.330 e. The average molecular weight is 213 g/mol. The molecule has 0 aliphatic heterocycles. The van der Waals surface area contributed by atoms with E-state index in [0.29, 0.717) is 6.54 Å². The van der Waals surface area contributed by atoms with Gasteiger partial charge in [0.1, 0.15) is 0 Å². The van der Waals surface area contributed by atoms with E-state index in [9.17, 15) is 8.78 Å². The van der Waals surface area contributed by atoms with Crippen LogP contribution in [0, 0.1) is 6.92 Å². The third kappa shape index (κ3) is 2.99. The highest BCUT2D eigenvalue weighted by atomic mass is 19.3. The van der Waals surface area contributed by atoms with E-state index >= 15 is 0 Å². The zero-order valence-electron chi connectivity index (χ0n) is 9.13. The minimum atomic E-state index is -2.39. The molecule has 0 heterocycles. The third-order valence-corrected chi connectivity index (χ3v) is 2.69. The number of alkyl halides is 2. The molecule has 1 nitrogen and oxygen atoms in total. The van der Waals surface area contributed by atoms with Gasteiger partial charge in [-0.25, -0.2) is 8.78 Å². The molecule has 3 heteroatoms. The van der Waals surface area contributed by atoms with E-state index in [4.69, 9.17) is 5.73 Å². The molecule has 0 radical (unpaired) electrons. The third-order valence-electron chi connectivity index (χ3n) is 2.69. The molecule has 0 bridgehead atoms. The standard InChI is InChI=1S/C12H17F2N/c1-8-3-4-10(12(13)14)7-11(8)9(2)5-6-15/h3-4,7,9,12H,5-6,15H2,1-2H3. The van der Waals surface area contributed by atoms with Gasteiger partial charge in [0.15, 0.2) is 0 Å². The molecule has 0 saturated carbocycles. The Morgan fingerprint density at radius 1 is 1.33 bits per heavy atom. The van der Waals surface area contributed by atoms with Crippen LogP contribution in [0.25, 0.3) is 0 Å². The Balaban J connectivity index is 2.99. The van der Waals surface area contributed by atoms with Crippen LogP contribution in [0.3, 0.4) is 0 Å². The highest BCUT2D eigenvalue weighted by molar-refractivity contribution is 5.34. The van der Waals surface area contributed by atoms with Gasteiger partial charge in [0.25, 0.3) is 6.43 Å². The van der Waals surface area contributed by atoms with Crippen LogP contribution in [0.5, 0.6) is 0 Å². The Morgan fingerprint density at radius 2 is 2.00 bits per heavy atom. The van der Waals surface area contributed by atoms with Gasteiger partial charge in [-0.2, -0.15) is 0 Å². The van der Waals surface area contributed by atoms with Gasteiger partial charge in [-0.05, 0) is 43.0 Å². The molecule has 1 rings (SSSR count). The Kier molecular flexibility index (Phi) is 4.21. The van der Waals surface area contributed by atoms with Crippen molar-refractivity contribution in [2.45, 2.75) is 32.6 Å². The van der Waals surface area contributed by atoms with Crippen LogP contribution < -0.4 is 5.73 Å². The summed E-state index contributed by atoms with van der Waals surface area (Å²) in [6.45, 7) is 4.54. The molecule has 0 saturated heterocycles. The second kappa shape index (κ2) is 5.21. The minimum absolute atomic E-state index is 0.0967. The van der Waals surface area contributed by atoms with Crippen LogP contribution in [0.2, 0.25) is 0 Å². The lowest BCUT2D eigenvalue weighted by Gasteiger charge is -2.15. The van der Waals surface area contributed by atoms with Crippen molar-refractivity contribution in [2.75, 3.05) is 6.54 Å². The first-order chi connectivity index (χ1) is 7.06. The summed E-state index contributed by atoms with van der Waals surface area (Å²) in [5.41, 5.74) is 7.60. The van der Waals surface area contributed by atoms with Crippen molar-refractivity contribution in [1.82, 2.24) is 0 Å². The van der Waals surface area contributed by atoms with E-state index in [1.165, 1.54) is 6.07 Å². The smallest absolute Gasteiger partial charge is 0.263 e. The van der Waals surface area contributed by atoms with Gasteiger partial charge in [-0.15, -0.1) is 0 Å². The van der Waals surface area contributed by atoms with Gasteiger partial charge < -0.3 is 5.73 Å². The number of rotatable bonds is 4. The summed E-state index contributed by atoms with van der Waals surface area (Å²) in [7, 11) is 0. The van der Waals surface area contributed by atoms with Crippen molar-refractivity contribution in [3.05, 3.63) is 34.9 Å². The fourth-order valence-corrected chi connectivity index (χ4v) is 1.73. The fraction of sp³-hybridized carbons (Fsp3) is 0.500. The predicted octanol–water partition coefficient (Wildman–Crippen LogP) is 3.38. The van der Waals surface area contributed by atoms with Gasteiger partial charge in [0.05, 0.1) is 0 Å². The maximum absolute atomic E-state index is 12.5. The van der Waals surface area contributed by atoms with Gasteiger partial charge in [-0.3, -0.25) is 0 Å². The van der Waals surface area contributed by atoms with Crippen molar-refractivity contribution >= 4 is 0 Å². The zero-order valence-corrected chi connectivity index (χ0v) is 9.13. The van der Waals surface area contributed by atoms with Crippen molar-refractivity contribution < 1.29 is 8.78 Å². The van der Waals surface area contributed by atoms with Crippen molar-refractivity contribution in [2.24, 2.45) is 5.73 Å². The Labute approximate surface area is 89.3 Å². The van der Waals surface area contributed by atoms with E-state index in [-0.39, 0.29) is 11.5 Å². The normalized spacial score (nSPS) is 13.2. The lowest BCUT2D eigenvalue weighted by Crippen LogP contribution is -2.06. The van der Waals surface area contributed by atoms with E-state index in [0.717, 1.165) is 17.5 Å². The molecule has 15 heavy (non-hydrogen) atoms. The molecule has 0 amide bonds. The molecule has 1 aromatic rings. The second-order valence-electron chi connectivity index (χ2n) is 3.90. The summed E-state index contributed by atoms with van der Waals surface area (Å²) >= 11 is 0. The molecule has 0 aliphatic carbocycles. The maximum Gasteiger partial charge on any atom is 0.263 e. The molecule has 1 atom stereocenters. The fourth-order valence-electron chi connectivity index (χ4n) is 1.73. The zero-order chi connectivity index (χ0) is 11.4. The van der Waals surface area contributed by atoms with Gasteiger partial charge in [0, 0.05) is 5.56 Å². The predicted molar refractivity (Wildman–Crippen MR) is 58.2 cm³/mol. The number of nitrogens with two attached hydrogens (primary N) is 1. The second-order valence-corrected chi connectivity index (χ2v) is 3.90. The van der Waals surface area contributed by atoms with E-state index in [1.54, 1.807) is 12.1 Å². The SMILES string of the molecule is Cc1ccc(C(F)F)cc1C(C)CCN. The first-order valence-electron chi connectivity index (χ1n) is 5.15. The van der Waals surface area contributed by atoms with Crippen LogP contribution in [-0.2, 0) is 0 Å². The van der Waals surface area contributed by atoms with Crippen molar-refractivity contribution in [3.8, 4) is 0 Å². The van der Waals surface area contributed by atoms with Crippen LogP contribution >= 0.6 is 0 Å². The van der Waals surface area contributed by atoms with Crippen molar-refractivity contribution in [3.63, 3.8) is 0 Å². The largest absolute Gasteiger partial charge is 0.330 e.